The molecule has 0 aliphatic carbocycles. The van der Waals surface area contributed by atoms with Crippen LogP contribution in [0.2, 0.25) is 0 Å². The monoisotopic (exact) mass is 358 g/mol. The summed E-state index contributed by atoms with van der Waals surface area (Å²) in [5.41, 5.74) is 0.856. The molecule has 0 radical (unpaired) electrons. The van der Waals surface area contributed by atoms with Crippen molar-refractivity contribution in [2.24, 2.45) is 11.8 Å². The molecule has 1 heterocycles. The standard InChI is InChI=1S/C18H27FN2O2.ClH/c1-13(15-6-8-20-9-7-15)11-18(22)21-10-5-14-3-4-17(23-2)16(19)12-14;/h3-4,12-13,15,20H,5-11H2,1-2H3,(H,21,22);1H. The van der Waals surface area contributed by atoms with E-state index in [1.807, 2.05) is 6.07 Å². The topological polar surface area (TPSA) is 50.4 Å². The zero-order chi connectivity index (χ0) is 16.7. The van der Waals surface area contributed by atoms with Crippen molar-refractivity contribution < 1.29 is 13.9 Å². The molecule has 1 aliphatic rings. The van der Waals surface area contributed by atoms with Crippen LogP contribution in [0, 0.1) is 17.7 Å². The van der Waals surface area contributed by atoms with Gasteiger partial charge in [-0.25, -0.2) is 4.39 Å². The minimum absolute atomic E-state index is 0. The normalized spacial score (nSPS) is 16.1. The molecule has 1 fully saturated rings. The second-order valence-electron chi connectivity index (χ2n) is 6.34. The number of halogens is 2. The Labute approximate surface area is 149 Å². The quantitative estimate of drug-likeness (QED) is 0.788. The van der Waals surface area contributed by atoms with Gasteiger partial charge in [0.1, 0.15) is 0 Å². The zero-order valence-corrected chi connectivity index (χ0v) is 15.3. The van der Waals surface area contributed by atoms with E-state index in [0.717, 1.165) is 31.5 Å². The van der Waals surface area contributed by atoms with E-state index in [9.17, 15) is 9.18 Å². The van der Waals surface area contributed by atoms with Crippen LogP contribution < -0.4 is 15.4 Å². The van der Waals surface area contributed by atoms with E-state index in [4.69, 9.17) is 4.74 Å². The number of benzene rings is 1. The van der Waals surface area contributed by atoms with Crippen molar-refractivity contribution in [2.75, 3.05) is 26.7 Å². The molecular weight excluding hydrogens is 331 g/mol. The molecule has 1 saturated heterocycles. The van der Waals surface area contributed by atoms with E-state index in [1.165, 1.54) is 13.2 Å². The van der Waals surface area contributed by atoms with Crippen LogP contribution in [0.3, 0.4) is 0 Å². The highest BCUT2D eigenvalue weighted by Crippen LogP contribution is 2.24. The molecule has 0 saturated carbocycles. The van der Waals surface area contributed by atoms with Gasteiger partial charge in [0, 0.05) is 13.0 Å². The predicted molar refractivity (Wildman–Crippen MR) is 96.3 cm³/mol. The van der Waals surface area contributed by atoms with Crippen LogP contribution in [0.15, 0.2) is 18.2 Å². The third kappa shape index (κ3) is 6.29. The van der Waals surface area contributed by atoms with Gasteiger partial charge in [0.15, 0.2) is 11.6 Å². The summed E-state index contributed by atoms with van der Waals surface area (Å²) in [5.74, 6) is 1.02. The lowest BCUT2D eigenvalue weighted by molar-refractivity contribution is -0.122. The SMILES string of the molecule is COc1ccc(CCNC(=O)CC(C)C2CCNCC2)cc1F.Cl. The van der Waals surface area contributed by atoms with E-state index in [2.05, 4.69) is 17.6 Å². The first-order valence-corrected chi connectivity index (χ1v) is 8.40. The van der Waals surface area contributed by atoms with Crippen LogP contribution in [-0.2, 0) is 11.2 Å². The van der Waals surface area contributed by atoms with Gasteiger partial charge in [0.25, 0.3) is 0 Å². The van der Waals surface area contributed by atoms with Crippen LogP contribution >= 0.6 is 12.4 Å². The predicted octanol–water partition coefficient (Wildman–Crippen LogP) is 2.94. The van der Waals surface area contributed by atoms with Crippen molar-refractivity contribution in [3.05, 3.63) is 29.6 Å². The summed E-state index contributed by atoms with van der Waals surface area (Å²) in [4.78, 5) is 12.0. The fraction of sp³-hybridized carbons (Fsp3) is 0.611. The van der Waals surface area contributed by atoms with E-state index >= 15 is 0 Å². The molecular formula is C18H28ClFN2O2. The van der Waals surface area contributed by atoms with Crippen molar-refractivity contribution in [1.29, 1.82) is 0 Å². The molecule has 1 aromatic carbocycles. The third-order valence-corrected chi connectivity index (χ3v) is 4.65. The van der Waals surface area contributed by atoms with Crippen LogP contribution in [0.25, 0.3) is 0 Å². The second-order valence-corrected chi connectivity index (χ2v) is 6.34. The van der Waals surface area contributed by atoms with Gasteiger partial charge in [0.2, 0.25) is 5.91 Å². The zero-order valence-electron chi connectivity index (χ0n) is 14.4. The van der Waals surface area contributed by atoms with E-state index in [1.54, 1.807) is 6.07 Å². The maximum atomic E-state index is 13.6. The molecule has 0 aromatic heterocycles. The number of hydrogen-bond donors (Lipinski definition) is 2. The molecule has 1 aliphatic heterocycles. The average Bonchev–Trinajstić information content (AvgIpc) is 2.56. The molecule has 4 nitrogen and oxygen atoms in total. The smallest absolute Gasteiger partial charge is 0.220 e. The Bertz CT molecular complexity index is 522. The summed E-state index contributed by atoms with van der Waals surface area (Å²) in [5, 5.41) is 6.29. The Balaban J connectivity index is 0.00000288. The number of rotatable bonds is 7. The summed E-state index contributed by atoms with van der Waals surface area (Å²) in [6, 6.07) is 4.90. The van der Waals surface area contributed by atoms with Gasteiger partial charge in [-0.3, -0.25) is 4.79 Å². The number of amides is 1. The summed E-state index contributed by atoms with van der Waals surface area (Å²) in [6.45, 7) is 4.80. The highest BCUT2D eigenvalue weighted by Gasteiger charge is 2.21. The van der Waals surface area contributed by atoms with E-state index in [0.29, 0.717) is 31.2 Å². The number of piperidine rings is 1. The van der Waals surface area contributed by atoms with Crippen LogP contribution in [0.5, 0.6) is 5.75 Å². The first-order chi connectivity index (χ1) is 11.1. The van der Waals surface area contributed by atoms with Crippen molar-refractivity contribution in [2.45, 2.75) is 32.6 Å². The van der Waals surface area contributed by atoms with Crippen LogP contribution in [0.1, 0.15) is 31.7 Å². The third-order valence-electron chi connectivity index (χ3n) is 4.65. The van der Waals surface area contributed by atoms with Gasteiger partial charge < -0.3 is 15.4 Å². The van der Waals surface area contributed by atoms with Crippen LogP contribution in [0.4, 0.5) is 4.39 Å². The number of hydrogen-bond acceptors (Lipinski definition) is 3. The minimum atomic E-state index is -0.365. The number of ether oxygens (including phenoxy) is 1. The number of carbonyl (C=O) groups is 1. The lowest BCUT2D eigenvalue weighted by Gasteiger charge is -2.27. The van der Waals surface area contributed by atoms with Crippen molar-refractivity contribution in [3.63, 3.8) is 0 Å². The summed E-state index contributed by atoms with van der Waals surface area (Å²) < 4.78 is 18.5. The Morgan fingerprint density at radius 2 is 2.12 bits per heavy atom. The average molecular weight is 359 g/mol. The molecule has 1 amide bonds. The van der Waals surface area contributed by atoms with Gasteiger partial charge in [0.05, 0.1) is 7.11 Å². The summed E-state index contributed by atoms with van der Waals surface area (Å²) in [7, 11) is 1.45. The summed E-state index contributed by atoms with van der Waals surface area (Å²) in [6.07, 6.45) is 3.50. The van der Waals surface area contributed by atoms with Crippen LogP contribution in [-0.4, -0.2) is 32.7 Å². The number of nitrogens with one attached hydrogen (secondary N) is 2. The Morgan fingerprint density at radius 1 is 1.42 bits per heavy atom. The largest absolute Gasteiger partial charge is 0.494 e. The Hall–Kier alpha value is -1.33. The van der Waals surface area contributed by atoms with Crippen molar-refractivity contribution >= 4 is 18.3 Å². The van der Waals surface area contributed by atoms with Gasteiger partial charge >= 0.3 is 0 Å². The maximum absolute atomic E-state index is 13.6. The molecule has 0 bridgehead atoms. The van der Waals surface area contributed by atoms with E-state index < -0.39 is 0 Å². The molecule has 136 valence electrons. The molecule has 1 aromatic rings. The summed E-state index contributed by atoms with van der Waals surface area (Å²) >= 11 is 0. The fourth-order valence-corrected chi connectivity index (χ4v) is 3.16. The molecule has 0 spiro atoms. The molecule has 24 heavy (non-hydrogen) atoms. The minimum Gasteiger partial charge on any atom is -0.494 e. The lowest BCUT2D eigenvalue weighted by Crippen LogP contribution is -2.34. The Kier molecular flexibility index (Phi) is 9.08. The van der Waals surface area contributed by atoms with Gasteiger partial charge in [-0.05, 0) is 61.9 Å². The molecule has 1 atom stereocenters. The Morgan fingerprint density at radius 3 is 2.75 bits per heavy atom. The van der Waals surface area contributed by atoms with Crippen molar-refractivity contribution in [3.8, 4) is 5.75 Å². The molecule has 2 N–H and O–H groups in total. The first kappa shape index (κ1) is 20.7. The fourth-order valence-electron chi connectivity index (χ4n) is 3.16. The highest BCUT2D eigenvalue weighted by molar-refractivity contribution is 5.85. The molecule has 6 heteroatoms. The molecule has 1 unspecified atom stereocenters. The lowest BCUT2D eigenvalue weighted by atomic mass is 9.84. The second kappa shape index (κ2) is 10.5. The highest BCUT2D eigenvalue weighted by atomic mass is 35.5. The first-order valence-electron chi connectivity index (χ1n) is 8.40. The van der Waals surface area contributed by atoms with Crippen molar-refractivity contribution in [1.82, 2.24) is 10.6 Å². The van der Waals surface area contributed by atoms with E-state index in [-0.39, 0.29) is 29.9 Å². The van der Waals surface area contributed by atoms with Gasteiger partial charge in [-0.1, -0.05) is 13.0 Å². The number of carbonyl (C=O) groups excluding carboxylic acids is 1. The molecule has 2 rings (SSSR count). The maximum Gasteiger partial charge on any atom is 0.220 e. The number of methoxy groups -OCH3 is 1. The van der Waals surface area contributed by atoms with Gasteiger partial charge in [-0.15, -0.1) is 12.4 Å². The van der Waals surface area contributed by atoms with Gasteiger partial charge in [-0.2, -0.15) is 0 Å².